The predicted molar refractivity (Wildman–Crippen MR) is 138 cm³/mol. The Kier molecular flexibility index (Phi) is 7.57. The van der Waals surface area contributed by atoms with Crippen LogP contribution in [0.1, 0.15) is 64.2 Å². The number of methoxy groups -OCH3 is 2. The van der Waals surface area contributed by atoms with Crippen molar-refractivity contribution in [3.05, 3.63) is 12.1 Å². The normalized spacial score (nSPS) is 21.1. The molecule has 34 heavy (non-hydrogen) atoms. The van der Waals surface area contributed by atoms with Crippen molar-refractivity contribution in [1.82, 2.24) is 14.9 Å². The lowest BCUT2D eigenvalue weighted by molar-refractivity contribution is 0.168. The number of fused-ring (bicyclic) bond motifs is 1. The Morgan fingerprint density at radius 2 is 1.50 bits per heavy atom. The fourth-order valence-corrected chi connectivity index (χ4v) is 5.98. The number of rotatable bonds is 7. The van der Waals surface area contributed by atoms with Crippen molar-refractivity contribution in [3.63, 3.8) is 0 Å². The third-order valence-corrected chi connectivity index (χ3v) is 8.00. The number of nitrogens with one attached hydrogen (secondary N) is 1. The van der Waals surface area contributed by atoms with Gasteiger partial charge >= 0.3 is 0 Å². The van der Waals surface area contributed by atoms with Crippen LogP contribution in [0.3, 0.4) is 0 Å². The van der Waals surface area contributed by atoms with Crippen LogP contribution in [0.5, 0.6) is 11.5 Å². The smallest absolute Gasteiger partial charge is 0.227 e. The van der Waals surface area contributed by atoms with E-state index >= 15 is 0 Å². The topological polar surface area (TPSA) is 62.8 Å². The Morgan fingerprint density at radius 3 is 2.21 bits per heavy atom. The molecule has 1 aromatic heterocycles. The summed E-state index contributed by atoms with van der Waals surface area (Å²) in [5, 5.41) is 4.82. The Hall–Kier alpha value is -2.28. The zero-order chi connectivity index (χ0) is 23.3. The number of anilines is 2. The first kappa shape index (κ1) is 23.5. The van der Waals surface area contributed by atoms with E-state index in [0.29, 0.717) is 11.8 Å². The van der Waals surface area contributed by atoms with E-state index in [1.54, 1.807) is 14.2 Å². The molecule has 0 unspecified atom stereocenters. The van der Waals surface area contributed by atoms with Crippen molar-refractivity contribution >= 4 is 22.7 Å². The molecule has 0 bridgehead atoms. The molecule has 1 aromatic carbocycles. The molecule has 0 atom stereocenters. The molecule has 7 heteroatoms. The molecule has 7 nitrogen and oxygen atoms in total. The van der Waals surface area contributed by atoms with Crippen molar-refractivity contribution in [1.29, 1.82) is 0 Å². The van der Waals surface area contributed by atoms with Crippen LogP contribution in [0, 0.1) is 5.92 Å². The summed E-state index contributed by atoms with van der Waals surface area (Å²) >= 11 is 0. The summed E-state index contributed by atoms with van der Waals surface area (Å²) < 4.78 is 11.2. The maximum Gasteiger partial charge on any atom is 0.227 e. The number of hydrogen-bond donors (Lipinski definition) is 1. The van der Waals surface area contributed by atoms with Gasteiger partial charge in [0.2, 0.25) is 5.95 Å². The van der Waals surface area contributed by atoms with Crippen molar-refractivity contribution in [2.75, 3.05) is 57.2 Å². The van der Waals surface area contributed by atoms with E-state index in [1.807, 2.05) is 12.1 Å². The highest BCUT2D eigenvalue weighted by atomic mass is 16.5. The first-order valence-corrected chi connectivity index (χ1v) is 13.4. The molecule has 3 aliphatic rings. The van der Waals surface area contributed by atoms with E-state index in [1.165, 1.54) is 71.0 Å². The van der Waals surface area contributed by atoms with Gasteiger partial charge in [-0.25, -0.2) is 4.98 Å². The minimum atomic E-state index is 0.433. The Bertz CT molecular complexity index is 948. The summed E-state index contributed by atoms with van der Waals surface area (Å²) in [4.78, 5) is 15.0. The van der Waals surface area contributed by atoms with Crippen LogP contribution in [0.4, 0.5) is 11.8 Å². The second kappa shape index (κ2) is 11.0. The van der Waals surface area contributed by atoms with Crippen molar-refractivity contribution in [3.8, 4) is 11.5 Å². The highest BCUT2D eigenvalue weighted by Gasteiger charge is 2.25. The van der Waals surface area contributed by atoms with E-state index < -0.39 is 0 Å². The van der Waals surface area contributed by atoms with Crippen LogP contribution < -0.4 is 19.7 Å². The second-order valence-corrected chi connectivity index (χ2v) is 10.4. The molecule has 0 spiro atoms. The van der Waals surface area contributed by atoms with E-state index in [2.05, 4.69) is 15.1 Å². The maximum absolute atomic E-state index is 5.60. The number of nitrogens with zero attached hydrogens (tertiary/aromatic N) is 4. The average Bonchev–Trinajstić information content (AvgIpc) is 2.90. The molecule has 1 N–H and O–H groups in total. The highest BCUT2D eigenvalue weighted by molar-refractivity contribution is 5.93. The van der Waals surface area contributed by atoms with Gasteiger partial charge in [-0.3, -0.25) is 0 Å². The van der Waals surface area contributed by atoms with Crippen LogP contribution in [-0.4, -0.2) is 67.9 Å². The minimum absolute atomic E-state index is 0.433. The van der Waals surface area contributed by atoms with E-state index in [9.17, 15) is 0 Å². The summed E-state index contributed by atoms with van der Waals surface area (Å²) in [5.74, 6) is 4.10. The Balaban J connectivity index is 1.34. The maximum atomic E-state index is 5.60. The Morgan fingerprint density at radius 1 is 0.824 bits per heavy atom. The predicted octanol–water partition coefficient (Wildman–Crippen LogP) is 5.09. The van der Waals surface area contributed by atoms with Gasteiger partial charge in [0.15, 0.2) is 11.5 Å². The molecule has 2 aliphatic heterocycles. The molecule has 2 saturated heterocycles. The van der Waals surface area contributed by atoms with Crippen LogP contribution in [-0.2, 0) is 0 Å². The molecule has 1 saturated carbocycles. The van der Waals surface area contributed by atoms with Crippen molar-refractivity contribution < 1.29 is 9.47 Å². The molecular weight excluding hydrogens is 426 g/mol. The van der Waals surface area contributed by atoms with Crippen LogP contribution in [0.15, 0.2) is 12.1 Å². The Labute approximate surface area is 204 Å². The number of ether oxygens (including phenoxy) is 2. The van der Waals surface area contributed by atoms with E-state index in [0.717, 1.165) is 60.3 Å². The fourth-order valence-electron chi connectivity index (χ4n) is 5.98. The highest BCUT2D eigenvalue weighted by Crippen LogP contribution is 2.36. The van der Waals surface area contributed by atoms with Gasteiger partial charge in [0.1, 0.15) is 5.82 Å². The zero-order valence-electron chi connectivity index (χ0n) is 21.0. The summed E-state index contributed by atoms with van der Waals surface area (Å²) in [6.07, 6.45) is 13.2. The van der Waals surface area contributed by atoms with Crippen LogP contribution >= 0.6 is 0 Å². The summed E-state index contributed by atoms with van der Waals surface area (Å²) in [7, 11) is 3.36. The standard InChI is InChI=1S/C27H41N5O2/c1-33-24-17-22-23(18-25(24)34-2)29-27(32-13-7-4-8-14-32)30-26(22)28-21-11-15-31(16-12-21)19-20-9-5-3-6-10-20/h17-18,20-21H,3-16,19H2,1-2H3,(H,28,29,30). The molecule has 3 heterocycles. The van der Waals surface area contributed by atoms with E-state index in [-0.39, 0.29) is 0 Å². The van der Waals surface area contributed by atoms with Crippen LogP contribution in [0.25, 0.3) is 10.9 Å². The quantitative estimate of drug-likeness (QED) is 0.608. The molecule has 186 valence electrons. The van der Waals surface area contributed by atoms with Gasteiger partial charge in [-0.15, -0.1) is 0 Å². The zero-order valence-corrected chi connectivity index (χ0v) is 21.0. The molecule has 3 fully saturated rings. The van der Waals surface area contributed by atoms with Gasteiger partial charge in [-0.2, -0.15) is 4.98 Å². The van der Waals surface area contributed by atoms with E-state index in [4.69, 9.17) is 19.4 Å². The summed E-state index contributed by atoms with van der Waals surface area (Å²) in [5.41, 5.74) is 0.908. The average molecular weight is 468 g/mol. The lowest BCUT2D eigenvalue weighted by Crippen LogP contribution is -2.41. The molecule has 0 radical (unpaired) electrons. The fraction of sp³-hybridized carbons (Fsp3) is 0.704. The number of piperidine rings is 2. The number of benzene rings is 1. The van der Waals surface area contributed by atoms with Crippen LogP contribution in [0.2, 0.25) is 0 Å². The van der Waals surface area contributed by atoms with Gasteiger partial charge < -0.3 is 24.6 Å². The molecule has 1 aliphatic carbocycles. The third-order valence-electron chi connectivity index (χ3n) is 8.00. The van der Waals surface area contributed by atoms with Gasteiger partial charge in [0.25, 0.3) is 0 Å². The number of aromatic nitrogens is 2. The lowest BCUT2D eigenvalue weighted by Gasteiger charge is -2.36. The van der Waals surface area contributed by atoms with Gasteiger partial charge in [-0.1, -0.05) is 19.3 Å². The van der Waals surface area contributed by atoms with Crippen molar-refractivity contribution in [2.24, 2.45) is 5.92 Å². The number of likely N-dealkylation sites (tertiary alicyclic amines) is 1. The molecular formula is C27H41N5O2. The summed E-state index contributed by atoms with van der Waals surface area (Å²) in [6.45, 7) is 5.69. The van der Waals surface area contributed by atoms with Crippen molar-refractivity contribution in [2.45, 2.75) is 70.3 Å². The third kappa shape index (κ3) is 5.35. The second-order valence-electron chi connectivity index (χ2n) is 10.4. The lowest BCUT2D eigenvalue weighted by atomic mass is 9.88. The monoisotopic (exact) mass is 467 g/mol. The molecule has 2 aromatic rings. The van der Waals surface area contributed by atoms with Gasteiger partial charge in [-0.05, 0) is 56.9 Å². The first-order chi connectivity index (χ1) is 16.7. The largest absolute Gasteiger partial charge is 0.493 e. The SMILES string of the molecule is COc1cc2nc(N3CCCCC3)nc(NC3CCN(CC4CCCCC4)CC3)c2cc1OC. The molecule has 5 rings (SSSR count). The first-order valence-electron chi connectivity index (χ1n) is 13.4. The summed E-state index contributed by atoms with van der Waals surface area (Å²) in [6, 6.07) is 4.44. The number of hydrogen-bond acceptors (Lipinski definition) is 7. The van der Waals surface area contributed by atoms with Gasteiger partial charge in [0.05, 0.1) is 19.7 Å². The minimum Gasteiger partial charge on any atom is -0.493 e. The molecule has 0 amide bonds. The van der Waals surface area contributed by atoms with Gasteiger partial charge in [0, 0.05) is 50.2 Å².